The van der Waals surface area contributed by atoms with Crippen molar-refractivity contribution in [3.05, 3.63) is 73.3 Å². The first-order valence-electron chi connectivity index (χ1n) is 8.43. The summed E-state index contributed by atoms with van der Waals surface area (Å²) in [6, 6.07) is 15.3. The van der Waals surface area contributed by atoms with Gasteiger partial charge in [-0.1, -0.05) is 42.5 Å². The van der Waals surface area contributed by atoms with E-state index >= 15 is 0 Å². The fraction of sp³-hybridized carbons (Fsp3) is 0.238. The lowest BCUT2D eigenvalue weighted by molar-refractivity contribution is 0.526. The largest absolute Gasteiger partial charge is 0.222 e. The van der Waals surface area contributed by atoms with Crippen molar-refractivity contribution in [2.24, 2.45) is 0 Å². The quantitative estimate of drug-likeness (QED) is 0.494. The fourth-order valence-corrected chi connectivity index (χ4v) is 7.79. The summed E-state index contributed by atoms with van der Waals surface area (Å²) in [5.41, 5.74) is 0. The minimum Gasteiger partial charge on any atom is -0.222 e. The third kappa shape index (κ3) is 3.85. The summed E-state index contributed by atoms with van der Waals surface area (Å²) in [6.07, 6.45) is 1.31. The van der Waals surface area contributed by atoms with Crippen LogP contribution in [0.3, 0.4) is 0 Å². The Balaban J connectivity index is 2.85. The SMILES string of the molecule is C=CCCC(CC#CC)(S(=O)(=O)c1ccccc1)S(=O)(=O)c1ccccc1. The molecular weight excluding hydrogens is 380 g/mol. The molecule has 0 amide bonds. The summed E-state index contributed by atoms with van der Waals surface area (Å²) in [5.74, 6) is 5.35. The summed E-state index contributed by atoms with van der Waals surface area (Å²) in [5, 5.41) is 0. The first-order valence-corrected chi connectivity index (χ1v) is 11.4. The zero-order chi connectivity index (χ0) is 20.0. The lowest BCUT2D eigenvalue weighted by Gasteiger charge is -2.31. The van der Waals surface area contributed by atoms with Gasteiger partial charge < -0.3 is 0 Å². The Kier molecular flexibility index (Phi) is 6.63. The molecule has 0 saturated carbocycles. The molecule has 0 unspecified atom stereocenters. The van der Waals surface area contributed by atoms with Gasteiger partial charge >= 0.3 is 0 Å². The number of allylic oxidation sites excluding steroid dienone is 1. The van der Waals surface area contributed by atoms with Crippen molar-refractivity contribution in [3.8, 4) is 11.8 Å². The molecule has 0 N–H and O–H groups in total. The first-order chi connectivity index (χ1) is 12.8. The summed E-state index contributed by atoms with van der Waals surface area (Å²) >= 11 is 0. The van der Waals surface area contributed by atoms with Gasteiger partial charge in [-0.3, -0.25) is 0 Å². The van der Waals surface area contributed by atoms with Crippen molar-refractivity contribution in [1.82, 2.24) is 0 Å². The van der Waals surface area contributed by atoms with Crippen LogP contribution in [0.15, 0.2) is 83.1 Å². The van der Waals surface area contributed by atoms with Gasteiger partial charge in [0.25, 0.3) is 0 Å². The maximum absolute atomic E-state index is 13.6. The zero-order valence-corrected chi connectivity index (χ0v) is 16.8. The van der Waals surface area contributed by atoms with Crippen LogP contribution in [0.4, 0.5) is 0 Å². The van der Waals surface area contributed by atoms with E-state index in [4.69, 9.17) is 0 Å². The minimum atomic E-state index is -4.25. The molecule has 0 aliphatic rings. The number of hydrogen-bond donors (Lipinski definition) is 0. The number of rotatable bonds is 8. The van der Waals surface area contributed by atoms with Gasteiger partial charge in [0.15, 0.2) is 23.8 Å². The molecule has 0 spiro atoms. The third-order valence-electron chi connectivity index (χ3n) is 4.35. The molecule has 2 aromatic rings. The monoisotopic (exact) mass is 402 g/mol. The Bertz CT molecular complexity index is 974. The van der Waals surface area contributed by atoms with Crippen molar-refractivity contribution < 1.29 is 16.8 Å². The van der Waals surface area contributed by atoms with Crippen LogP contribution in [-0.4, -0.2) is 20.9 Å². The second-order valence-electron chi connectivity index (χ2n) is 5.97. The molecule has 0 aliphatic heterocycles. The van der Waals surface area contributed by atoms with Gasteiger partial charge in [0.2, 0.25) is 0 Å². The summed E-state index contributed by atoms with van der Waals surface area (Å²) in [4.78, 5) is -0.0713. The lowest BCUT2D eigenvalue weighted by atomic mass is 10.2. The van der Waals surface area contributed by atoms with E-state index in [1.165, 1.54) is 30.3 Å². The predicted molar refractivity (Wildman–Crippen MR) is 107 cm³/mol. The van der Waals surface area contributed by atoms with Crippen LogP contribution in [0.25, 0.3) is 0 Å². The summed E-state index contributed by atoms with van der Waals surface area (Å²) < 4.78 is 52.3. The molecule has 0 heterocycles. The van der Waals surface area contributed by atoms with Gasteiger partial charge in [-0.2, -0.15) is 0 Å². The third-order valence-corrected chi connectivity index (χ3v) is 10.1. The van der Waals surface area contributed by atoms with Crippen molar-refractivity contribution in [2.75, 3.05) is 0 Å². The number of sulfone groups is 2. The average molecular weight is 403 g/mol. The van der Waals surface area contributed by atoms with E-state index in [1.54, 1.807) is 43.3 Å². The van der Waals surface area contributed by atoms with E-state index in [0.717, 1.165) is 0 Å². The van der Waals surface area contributed by atoms with E-state index in [0.29, 0.717) is 0 Å². The Morgan fingerprint density at radius 1 is 0.889 bits per heavy atom. The van der Waals surface area contributed by atoms with Crippen LogP contribution in [0.1, 0.15) is 26.2 Å². The second-order valence-corrected chi connectivity index (χ2v) is 10.8. The van der Waals surface area contributed by atoms with Gasteiger partial charge in [0.05, 0.1) is 9.79 Å². The van der Waals surface area contributed by atoms with Crippen molar-refractivity contribution in [1.29, 1.82) is 0 Å². The Morgan fingerprint density at radius 2 is 1.33 bits per heavy atom. The smallest absolute Gasteiger partial charge is 0.199 e. The van der Waals surface area contributed by atoms with Crippen molar-refractivity contribution >= 4 is 19.7 Å². The van der Waals surface area contributed by atoms with Crippen LogP contribution in [0.5, 0.6) is 0 Å². The molecule has 0 radical (unpaired) electrons. The molecule has 27 heavy (non-hydrogen) atoms. The van der Waals surface area contributed by atoms with Crippen molar-refractivity contribution in [3.63, 3.8) is 0 Å². The molecule has 0 atom stereocenters. The van der Waals surface area contributed by atoms with Gasteiger partial charge in [0.1, 0.15) is 0 Å². The highest BCUT2D eigenvalue weighted by molar-refractivity contribution is 8.10. The molecule has 2 aromatic carbocycles. The lowest BCUT2D eigenvalue weighted by Crippen LogP contribution is -2.46. The van der Waals surface area contributed by atoms with E-state index < -0.39 is 23.8 Å². The zero-order valence-electron chi connectivity index (χ0n) is 15.1. The fourth-order valence-electron chi connectivity index (χ4n) is 2.87. The Hall–Kier alpha value is -2.36. The van der Waals surface area contributed by atoms with Crippen molar-refractivity contribution in [2.45, 2.75) is 40.1 Å². The van der Waals surface area contributed by atoms with Gasteiger partial charge in [0, 0.05) is 6.42 Å². The maximum atomic E-state index is 13.6. The molecule has 2 rings (SSSR count). The van der Waals surface area contributed by atoms with Gasteiger partial charge in [-0.05, 0) is 44.0 Å². The molecule has 0 aliphatic carbocycles. The second kappa shape index (κ2) is 8.55. The molecular formula is C21H22O4S2. The topological polar surface area (TPSA) is 68.3 Å². The van der Waals surface area contributed by atoms with E-state index in [1.807, 2.05) is 0 Å². The molecule has 0 bridgehead atoms. The number of hydrogen-bond acceptors (Lipinski definition) is 4. The van der Waals surface area contributed by atoms with Crippen LogP contribution < -0.4 is 0 Å². The predicted octanol–water partition coefficient (Wildman–Crippen LogP) is 4.01. The van der Waals surface area contributed by atoms with Crippen LogP contribution in [0.2, 0.25) is 0 Å². The Morgan fingerprint density at radius 3 is 1.70 bits per heavy atom. The first kappa shape index (κ1) is 20.9. The van der Waals surface area contributed by atoms with Gasteiger partial charge in [-0.25, -0.2) is 16.8 Å². The molecule has 0 aromatic heterocycles. The summed E-state index contributed by atoms with van der Waals surface area (Å²) in [7, 11) is -8.50. The molecule has 0 fully saturated rings. The molecule has 0 saturated heterocycles. The van der Waals surface area contributed by atoms with Crippen LogP contribution in [-0.2, 0) is 19.7 Å². The highest BCUT2D eigenvalue weighted by Crippen LogP contribution is 2.41. The van der Waals surface area contributed by atoms with E-state index in [9.17, 15) is 16.8 Å². The van der Waals surface area contributed by atoms with E-state index in [2.05, 4.69) is 18.4 Å². The van der Waals surface area contributed by atoms with Crippen LogP contribution in [0, 0.1) is 11.8 Å². The molecule has 4 nitrogen and oxygen atoms in total. The highest BCUT2D eigenvalue weighted by atomic mass is 32.3. The van der Waals surface area contributed by atoms with Gasteiger partial charge in [-0.15, -0.1) is 18.4 Å². The molecule has 6 heteroatoms. The number of benzene rings is 2. The maximum Gasteiger partial charge on any atom is 0.199 e. The summed E-state index contributed by atoms with van der Waals surface area (Å²) in [6.45, 7) is 5.19. The minimum absolute atomic E-state index is 0.0357. The van der Waals surface area contributed by atoms with E-state index in [-0.39, 0.29) is 29.1 Å². The normalized spacial score (nSPS) is 12.0. The van der Waals surface area contributed by atoms with Crippen LogP contribution >= 0.6 is 0 Å². The molecule has 142 valence electrons. The average Bonchev–Trinajstić information content (AvgIpc) is 2.69. The Labute approximate surface area is 161 Å². The standard InChI is InChI=1S/C21H22O4S2/c1-3-5-17-21(18-6-4-2,26(22,23)19-13-9-7-10-14-19)27(24,25)20-15-11-8-12-16-20/h3,7-16H,1,5,17-18H2,2H3. The highest BCUT2D eigenvalue weighted by Gasteiger charge is 2.55.